The van der Waals surface area contributed by atoms with Crippen LogP contribution in [0.1, 0.15) is 53.9 Å². The molecule has 124 valence electrons. The Morgan fingerprint density at radius 3 is 2.67 bits per heavy atom. The lowest BCUT2D eigenvalue weighted by Crippen LogP contribution is -2.51. The van der Waals surface area contributed by atoms with Crippen LogP contribution in [0.2, 0.25) is 0 Å². The molecule has 0 aromatic heterocycles. The normalized spacial score (nSPS) is 38.9. The van der Waals surface area contributed by atoms with Crippen molar-refractivity contribution in [3.05, 3.63) is 0 Å². The van der Waals surface area contributed by atoms with Crippen molar-refractivity contribution < 1.29 is 0 Å². The topological polar surface area (TPSA) is 15.3 Å². The third kappa shape index (κ3) is 4.62. The second-order valence-electron chi connectivity index (χ2n) is 7.55. The molecule has 0 aromatic rings. The quantitative estimate of drug-likeness (QED) is 0.830. The molecule has 3 heteroatoms. The van der Waals surface area contributed by atoms with Crippen molar-refractivity contribution in [2.45, 2.75) is 71.2 Å². The Morgan fingerprint density at radius 1 is 1.24 bits per heavy atom. The first-order valence-electron chi connectivity index (χ1n) is 9.12. The van der Waals surface area contributed by atoms with Crippen molar-refractivity contribution in [3.63, 3.8) is 0 Å². The molecule has 5 atom stereocenters. The maximum absolute atomic E-state index is 3.78. The fourth-order valence-corrected chi connectivity index (χ4v) is 5.36. The summed E-state index contributed by atoms with van der Waals surface area (Å²) in [5.74, 6) is 3.96. The molecule has 2 aliphatic rings. The highest BCUT2D eigenvalue weighted by Crippen LogP contribution is 2.35. The van der Waals surface area contributed by atoms with Gasteiger partial charge in [-0.15, -0.1) is 0 Å². The molecule has 2 nitrogen and oxygen atoms in total. The molecule has 0 amide bonds. The van der Waals surface area contributed by atoms with Crippen LogP contribution in [0.5, 0.6) is 0 Å². The summed E-state index contributed by atoms with van der Waals surface area (Å²) in [7, 11) is 0. The molecule has 2 rings (SSSR count). The van der Waals surface area contributed by atoms with Crippen LogP contribution >= 0.6 is 11.8 Å². The van der Waals surface area contributed by atoms with E-state index in [1.54, 1.807) is 0 Å². The van der Waals surface area contributed by atoms with Gasteiger partial charge >= 0.3 is 0 Å². The molecule has 1 aliphatic carbocycles. The van der Waals surface area contributed by atoms with E-state index in [0.29, 0.717) is 0 Å². The highest BCUT2D eigenvalue weighted by Gasteiger charge is 2.34. The van der Waals surface area contributed by atoms with Crippen LogP contribution in [0, 0.1) is 17.8 Å². The van der Waals surface area contributed by atoms with Gasteiger partial charge in [0, 0.05) is 36.2 Å². The number of hydrogen-bond donors (Lipinski definition) is 1. The number of nitrogens with one attached hydrogen (secondary N) is 1. The van der Waals surface area contributed by atoms with E-state index in [9.17, 15) is 0 Å². The SMILES string of the molecule is CCNC1CCC(C(C)C)CC1CN1CCSC(C)C1C. The summed E-state index contributed by atoms with van der Waals surface area (Å²) in [5, 5.41) is 4.57. The maximum atomic E-state index is 3.78. The summed E-state index contributed by atoms with van der Waals surface area (Å²) >= 11 is 2.15. The minimum Gasteiger partial charge on any atom is -0.314 e. The Hall–Kier alpha value is 0.270. The first kappa shape index (κ1) is 17.6. The van der Waals surface area contributed by atoms with Gasteiger partial charge in [0.15, 0.2) is 0 Å². The van der Waals surface area contributed by atoms with Crippen LogP contribution < -0.4 is 5.32 Å². The van der Waals surface area contributed by atoms with Gasteiger partial charge < -0.3 is 5.32 Å². The van der Waals surface area contributed by atoms with E-state index in [1.165, 1.54) is 38.1 Å². The Labute approximate surface area is 136 Å². The monoisotopic (exact) mass is 312 g/mol. The molecule has 21 heavy (non-hydrogen) atoms. The van der Waals surface area contributed by atoms with Gasteiger partial charge in [-0.2, -0.15) is 11.8 Å². The van der Waals surface area contributed by atoms with Gasteiger partial charge in [0.25, 0.3) is 0 Å². The van der Waals surface area contributed by atoms with E-state index in [0.717, 1.165) is 41.6 Å². The molecule has 1 aliphatic heterocycles. The molecule has 1 heterocycles. The summed E-state index contributed by atoms with van der Waals surface area (Å²) < 4.78 is 0. The Balaban J connectivity index is 1.98. The molecule has 1 saturated heterocycles. The second kappa shape index (κ2) is 8.21. The summed E-state index contributed by atoms with van der Waals surface area (Å²) in [5.41, 5.74) is 0. The number of rotatable bonds is 5. The van der Waals surface area contributed by atoms with Crippen LogP contribution in [0.25, 0.3) is 0 Å². The van der Waals surface area contributed by atoms with Gasteiger partial charge in [-0.25, -0.2) is 0 Å². The van der Waals surface area contributed by atoms with E-state index >= 15 is 0 Å². The summed E-state index contributed by atoms with van der Waals surface area (Å²) in [6, 6.07) is 1.49. The number of nitrogens with zero attached hydrogens (tertiary/aromatic N) is 1. The van der Waals surface area contributed by atoms with Crippen LogP contribution in [0.3, 0.4) is 0 Å². The highest BCUT2D eigenvalue weighted by molar-refractivity contribution is 8.00. The van der Waals surface area contributed by atoms with Gasteiger partial charge in [0.05, 0.1) is 0 Å². The third-order valence-corrected chi connectivity index (χ3v) is 7.25. The summed E-state index contributed by atoms with van der Waals surface area (Å²) in [4.78, 5) is 2.78. The van der Waals surface area contributed by atoms with Crippen molar-refractivity contribution in [1.29, 1.82) is 0 Å². The zero-order valence-electron chi connectivity index (χ0n) is 14.8. The average Bonchev–Trinajstić information content (AvgIpc) is 2.45. The first-order valence-corrected chi connectivity index (χ1v) is 10.2. The maximum Gasteiger partial charge on any atom is 0.0184 e. The Kier molecular flexibility index (Phi) is 6.89. The Morgan fingerprint density at radius 2 is 2.00 bits per heavy atom. The molecule has 0 aromatic carbocycles. The molecular formula is C18H36N2S. The van der Waals surface area contributed by atoms with E-state index in [2.05, 4.69) is 56.6 Å². The van der Waals surface area contributed by atoms with Crippen molar-refractivity contribution in [2.75, 3.05) is 25.4 Å². The summed E-state index contributed by atoms with van der Waals surface area (Å²) in [6.07, 6.45) is 4.24. The van der Waals surface area contributed by atoms with Crippen molar-refractivity contribution in [1.82, 2.24) is 10.2 Å². The minimum absolute atomic E-state index is 0.741. The predicted molar refractivity (Wildman–Crippen MR) is 96.1 cm³/mol. The van der Waals surface area contributed by atoms with Crippen LogP contribution in [0.15, 0.2) is 0 Å². The van der Waals surface area contributed by atoms with Crippen LogP contribution in [-0.4, -0.2) is 47.6 Å². The fourth-order valence-electron chi connectivity index (χ4n) is 4.19. The van der Waals surface area contributed by atoms with Gasteiger partial charge in [0.2, 0.25) is 0 Å². The van der Waals surface area contributed by atoms with E-state index in [1.807, 2.05) is 0 Å². The van der Waals surface area contributed by atoms with E-state index < -0.39 is 0 Å². The molecule has 0 bridgehead atoms. The van der Waals surface area contributed by atoms with Crippen molar-refractivity contribution in [2.24, 2.45) is 17.8 Å². The lowest BCUT2D eigenvalue weighted by atomic mass is 9.73. The van der Waals surface area contributed by atoms with E-state index in [-0.39, 0.29) is 0 Å². The molecule has 2 fully saturated rings. The molecule has 1 N–H and O–H groups in total. The highest BCUT2D eigenvalue weighted by atomic mass is 32.2. The van der Waals surface area contributed by atoms with Gasteiger partial charge in [-0.05, 0) is 50.5 Å². The summed E-state index contributed by atoms with van der Waals surface area (Å²) in [6.45, 7) is 15.6. The van der Waals surface area contributed by atoms with Crippen molar-refractivity contribution in [3.8, 4) is 0 Å². The third-order valence-electron chi connectivity index (χ3n) is 5.92. The molecular weight excluding hydrogens is 276 g/mol. The largest absolute Gasteiger partial charge is 0.314 e. The smallest absolute Gasteiger partial charge is 0.0184 e. The molecule has 0 radical (unpaired) electrons. The van der Waals surface area contributed by atoms with Gasteiger partial charge in [-0.1, -0.05) is 27.7 Å². The van der Waals surface area contributed by atoms with Crippen LogP contribution in [0.4, 0.5) is 0 Å². The van der Waals surface area contributed by atoms with E-state index in [4.69, 9.17) is 0 Å². The second-order valence-corrected chi connectivity index (χ2v) is 9.04. The standard InChI is InChI=1S/C18H36N2S/c1-6-19-18-8-7-16(13(2)3)11-17(18)12-20-9-10-21-15(5)14(20)4/h13-19H,6-12H2,1-5H3. The van der Waals surface area contributed by atoms with Gasteiger partial charge in [0.1, 0.15) is 0 Å². The van der Waals surface area contributed by atoms with Gasteiger partial charge in [-0.3, -0.25) is 4.90 Å². The molecule has 5 unspecified atom stereocenters. The zero-order chi connectivity index (χ0) is 15.4. The Bertz CT molecular complexity index is 308. The number of thioether (sulfide) groups is 1. The van der Waals surface area contributed by atoms with Crippen LogP contribution in [-0.2, 0) is 0 Å². The zero-order valence-corrected chi connectivity index (χ0v) is 15.6. The predicted octanol–water partition coefficient (Wildman–Crippen LogP) is 3.86. The first-order chi connectivity index (χ1) is 10.0. The number of hydrogen-bond acceptors (Lipinski definition) is 3. The molecule has 0 spiro atoms. The minimum atomic E-state index is 0.741. The average molecular weight is 313 g/mol. The fraction of sp³-hybridized carbons (Fsp3) is 1.00. The van der Waals surface area contributed by atoms with Crippen molar-refractivity contribution >= 4 is 11.8 Å². The lowest BCUT2D eigenvalue weighted by Gasteiger charge is -2.44. The lowest BCUT2D eigenvalue weighted by molar-refractivity contribution is 0.104. The molecule has 1 saturated carbocycles.